The molecule has 0 aromatic rings. The van der Waals surface area contributed by atoms with E-state index in [-0.39, 0.29) is 47.7 Å². The number of rotatable bonds is 5. The van der Waals surface area contributed by atoms with Gasteiger partial charge in [-0.1, -0.05) is 6.58 Å². The summed E-state index contributed by atoms with van der Waals surface area (Å²) in [6, 6.07) is -1.49. The zero-order valence-corrected chi connectivity index (χ0v) is 11.6. The van der Waals surface area contributed by atoms with Crippen LogP contribution in [0.1, 0.15) is 27.2 Å². The first kappa shape index (κ1) is 20.7. The maximum absolute atomic E-state index is 11.4. The van der Waals surface area contributed by atoms with Crippen LogP contribution in [0.3, 0.4) is 0 Å². The van der Waals surface area contributed by atoms with Crippen LogP contribution in [0.2, 0.25) is 0 Å². The smallest absolute Gasteiger partial charge is 1.00 e. The zero-order valence-electron chi connectivity index (χ0n) is 9.40. The van der Waals surface area contributed by atoms with Crippen molar-refractivity contribution in [1.82, 2.24) is 0 Å². The van der Waals surface area contributed by atoms with E-state index in [1.165, 1.54) is 26.8 Å². The van der Waals surface area contributed by atoms with Crippen LogP contribution in [0, 0.1) is 10.4 Å². The van der Waals surface area contributed by atoms with Crippen LogP contribution in [0.5, 0.6) is 0 Å². The second-order valence-corrected chi connectivity index (χ2v) is 3.38. The Kier molecular flexibility index (Phi) is 11.7. The van der Waals surface area contributed by atoms with E-state index in [0.717, 1.165) is 0 Å². The summed E-state index contributed by atoms with van der Waals surface area (Å²) in [5.74, 6) is -0.141. The Morgan fingerprint density at radius 3 is 2.13 bits per heavy atom. The number of ketones is 1. The van der Waals surface area contributed by atoms with Gasteiger partial charge in [0.15, 0.2) is 0 Å². The molecule has 0 aliphatic rings. The van der Waals surface area contributed by atoms with Gasteiger partial charge in [-0.3, -0.25) is 4.79 Å². The summed E-state index contributed by atoms with van der Waals surface area (Å²) in [6.45, 7) is 7.75. The van der Waals surface area contributed by atoms with Crippen molar-refractivity contribution in [3.8, 4) is 0 Å². The number of halogens is 1. The molecule has 0 saturated heterocycles. The molecule has 0 aromatic heterocycles. The molecule has 0 aromatic carbocycles. The minimum Gasteiger partial charge on any atom is -1.00 e. The molecule has 0 bridgehead atoms. The third kappa shape index (κ3) is 6.50. The van der Waals surface area contributed by atoms with E-state index in [2.05, 4.69) is 6.58 Å². The van der Waals surface area contributed by atoms with Gasteiger partial charge in [0.2, 0.25) is 0 Å². The topological polar surface area (TPSA) is 63.2 Å². The number of quaternary nitrogens is 1. The SMILES string of the molecule is C=CC(C)[N+]([O-])([O-])C(C)CC(C)=O.[Cl-].[Mg+2]. The van der Waals surface area contributed by atoms with Gasteiger partial charge in [-0.25, -0.2) is 0 Å². The van der Waals surface area contributed by atoms with Crippen LogP contribution in [0.15, 0.2) is 12.7 Å². The van der Waals surface area contributed by atoms with Crippen molar-refractivity contribution < 1.29 is 22.0 Å². The Morgan fingerprint density at radius 2 is 1.87 bits per heavy atom. The molecular formula is C9H16ClMgNO3. The molecule has 6 heteroatoms. The number of carbonyl (C=O) groups is 1. The van der Waals surface area contributed by atoms with Crippen LogP contribution in [0.4, 0.5) is 0 Å². The quantitative estimate of drug-likeness (QED) is 0.253. The van der Waals surface area contributed by atoms with E-state index < -0.39 is 16.9 Å². The second-order valence-electron chi connectivity index (χ2n) is 3.38. The van der Waals surface area contributed by atoms with E-state index in [1.807, 2.05) is 0 Å². The standard InChI is InChI=1S/C9H16NO3.ClH.Mg/c1-5-7(2)10(12,13)8(3)6-9(4)11;;/h5,7-8H,1,6H2,2-4H3;1H;/q-1;;+2/p-1. The molecule has 0 aliphatic heterocycles. The van der Waals surface area contributed by atoms with Gasteiger partial charge in [0, 0.05) is 0 Å². The summed E-state index contributed by atoms with van der Waals surface area (Å²) in [5.41, 5.74) is 0. The molecule has 0 aliphatic carbocycles. The molecule has 4 nitrogen and oxygen atoms in total. The van der Waals surface area contributed by atoms with Gasteiger partial charge in [0.05, 0.1) is 12.5 Å². The second kappa shape index (κ2) is 8.49. The number of carbonyl (C=O) groups excluding carboxylic acids is 1. The number of hydrogen-bond acceptors (Lipinski definition) is 3. The third-order valence-electron chi connectivity index (χ3n) is 2.11. The summed E-state index contributed by atoms with van der Waals surface area (Å²) in [6.07, 6.45) is 1.34. The van der Waals surface area contributed by atoms with Crippen molar-refractivity contribution in [1.29, 1.82) is 0 Å². The Labute approximate surface area is 113 Å². The number of hydroxylamine groups is 4. The van der Waals surface area contributed by atoms with Gasteiger partial charge < -0.3 is 27.6 Å². The van der Waals surface area contributed by atoms with Crippen molar-refractivity contribution in [2.24, 2.45) is 0 Å². The van der Waals surface area contributed by atoms with Gasteiger partial charge in [0.25, 0.3) is 0 Å². The monoisotopic (exact) mass is 245 g/mol. The van der Waals surface area contributed by atoms with Crippen molar-refractivity contribution >= 4 is 28.8 Å². The Bertz CT molecular complexity index is 212. The third-order valence-corrected chi connectivity index (χ3v) is 2.11. The molecule has 0 radical (unpaired) electrons. The molecular weight excluding hydrogens is 230 g/mol. The van der Waals surface area contributed by atoms with Gasteiger partial charge in [-0.05, 0) is 26.8 Å². The molecule has 0 fully saturated rings. The van der Waals surface area contributed by atoms with Crippen LogP contribution < -0.4 is 12.4 Å². The van der Waals surface area contributed by atoms with E-state index in [1.54, 1.807) is 0 Å². The van der Waals surface area contributed by atoms with Crippen LogP contribution in [0.25, 0.3) is 0 Å². The fourth-order valence-electron chi connectivity index (χ4n) is 1.09. The minimum atomic E-state index is -1.68. The van der Waals surface area contributed by atoms with Crippen LogP contribution >= 0.6 is 0 Å². The largest absolute Gasteiger partial charge is 2.00 e. The molecule has 0 N–H and O–H groups in total. The van der Waals surface area contributed by atoms with Crippen molar-refractivity contribution in [3.05, 3.63) is 23.1 Å². The number of nitrogens with zero attached hydrogens (tertiary/aromatic N) is 1. The molecule has 0 saturated carbocycles. The van der Waals surface area contributed by atoms with E-state index in [4.69, 9.17) is 0 Å². The Balaban J connectivity index is -0.000000720. The molecule has 84 valence electrons. The molecule has 0 heterocycles. The van der Waals surface area contributed by atoms with Crippen LogP contribution in [-0.4, -0.2) is 45.7 Å². The Morgan fingerprint density at radius 1 is 1.47 bits per heavy atom. The fourth-order valence-corrected chi connectivity index (χ4v) is 1.09. The van der Waals surface area contributed by atoms with Gasteiger partial charge in [-0.2, -0.15) is 0 Å². The molecule has 15 heavy (non-hydrogen) atoms. The minimum absolute atomic E-state index is 0. The molecule has 2 atom stereocenters. The molecule has 2 unspecified atom stereocenters. The van der Waals surface area contributed by atoms with E-state index in [0.29, 0.717) is 0 Å². The maximum atomic E-state index is 11.4. The molecule has 0 rings (SSSR count). The normalized spacial score (nSPS) is 14.2. The van der Waals surface area contributed by atoms with E-state index in [9.17, 15) is 15.2 Å². The summed E-state index contributed by atoms with van der Waals surface area (Å²) in [4.78, 5) is 9.02. The summed E-state index contributed by atoms with van der Waals surface area (Å²) < 4.78 is 0. The van der Waals surface area contributed by atoms with E-state index >= 15 is 0 Å². The van der Waals surface area contributed by atoms with Crippen molar-refractivity contribution in [2.75, 3.05) is 0 Å². The predicted octanol–water partition coefficient (Wildman–Crippen LogP) is -1.64. The molecule has 0 spiro atoms. The first-order valence-corrected chi connectivity index (χ1v) is 4.24. The maximum Gasteiger partial charge on any atom is 2.00 e. The zero-order chi connectivity index (χ0) is 10.6. The van der Waals surface area contributed by atoms with Gasteiger partial charge >= 0.3 is 23.1 Å². The first-order valence-electron chi connectivity index (χ1n) is 4.24. The number of hydrogen-bond donors (Lipinski definition) is 0. The summed E-state index contributed by atoms with van der Waals surface area (Å²) >= 11 is 0. The van der Waals surface area contributed by atoms with Gasteiger partial charge in [0.1, 0.15) is 11.8 Å². The number of Topliss-reactive ketones (excluding diaryl/α,β-unsaturated/α-hetero) is 1. The van der Waals surface area contributed by atoms with Gasteiger partial charge in [-0.15, -0.1) is 0 Å². The van der Waals surface area contributed by atoms with Crippen molar-refractivity contribution in [2.45, 2.75) is 39.3 Å². The predicted molar refractivity (Wildman–Crippen MR) is 57.2 cm³/mol. The van der Waals surface area contributed by atoms with Crippen molar-refractivity contribution in [3.63, 3.8) is 0 Å². The average molecular weight is 246 g/mol. The summed E-state index contributed by atoms with van der Waals surface area (Å²) in [7, 11) is 0. The fraction of sp³-hybridized carbons (Fsp3) is 0.667. The summed E-state index contributed by atoms with van der Waals surface area (Å²) in [5, 5.41) is 22.9. The first-order chi connectivity index (χ1) is 5.82. The van der Waals surface area contributed by atoms with Crippen LogP contribution in [-0.2, 0) is 4.79 Å². The molecule has 0 amide bonds. The Hall–Kier alpha value is 0.346. The average Bonchev–Trinajstić information content (AvgIpc) is 2.01.